The van der Waals surface area contributed by atoms with Crippen molar-refractivity contribution in [1.82, 2.24) is 0 Å². The van der Waals surface area contributed by atoms with Gasteiger partial charge >= 0.3 is 5.97 Å². The topological polar surface area (TPSA) is 73.6 Å². The lowest BCUT2D eigenvalue weighted by molar-refractivity contribution is -0.138. The van der Waals surface area contributed by atoms with Gasteiger partial charge in [-0.3, -0.25) is 0 Å². The molecule has 0 amide bonds. The summed E-state index contributed by atoms with van der Waals surface area (Å²) in [7, 11) is 1.58. The molecule has 1 aromatic carbocycles. The van der Waals surface area contributed by atoms with Gasteiger partial charge < -0.3 is 14.7 Å². The molecule has 1 saturated heterocycles. The van der Waals surface area contributed by atoms with E-state index in [2.05, 4.69) is 6.07 Å². The Morgan fingerprint density at radius 3 is 2.89 bits per heavy atom. The number of carboxylic acids is 1. The summed E-state index contributed by atoms with van der Waals surface area (Å²) in [5.41, 5.74) is 2.11. The first-order valence-electron chi connectivity index (χ1n) is 6.10. The predicted molar refractivity (Wildman–Crippen MR) is 70.1 cm³/mol. The van der Waals surface area contributed by atoms with Crippen LogP contribution in [0.4, 0.5) is 5.69 Å². The zero-order valence-corrected chi connectivity index (χ0v) is 11.0. The molecule has 0 aliphatic carbocycles. The average molecular weight is 260 g/mol. The third-order valence-corrected chi connectivity index (χ3v) is 3.53. The van der Waals surface area contributed by atoms with Gasteiger partial charge in [0.05, 0.1) is 17.4 Å². The number of nitrogens with zero attached hydrogens (tertiary/aromatic N) is 2. The summed E-state index contributed by atoms with van der Waals surface area (Å²) in [6, 6.07) is 6.89. The largest absolute Gasteiger partial charge is 0.480 e. The van der Waals surface area contributed by atoms with Crippen LogP contribution in [0.3, 0.4) is 0 Å². The predicted octanol–water partition coefficient (Wildman–Crippen LogP) is 1.54. The van der Waals surface area contributed by atoms with Gasteiger partial charge in [-0.2, -0.15) is 5.26 Å². The maximum atomic E-state index is 11.4. The molecular weight excluding hydrogens is 244 g/mol. The van der Waals surface area contributed by atoms with Gasteiger partial charge in [0.2, 0.25) is 0 Å². The van der Waals surface area contributed by atoms with Gasteiger partial charge in [0.1, 0.15) is 12.1 Å². The van der Waals surface area contributed by atoms with E-state index >= 15 is 0 Å². The smallest absolute Gasteiger partial charge is 0.326 e. The SMILES string of the molecule is COC1CC(C(=O)O)N(c2c(C)cccc2C#N)C1. The van der Waals surface area contributed by atoms with Crippen LogP contribution < -0.4 is 4.90 Å². The third-order valence-electron chi connectivity index (χ3n) is 3.53. The van der Waals surface area contributed by atoms with Crippen molar-refractivity contribution in [3.8, 4) is 6.07 Å². The molecule has 1 heterocycles. The number of carboxylic acid groups (broad SMARTS) is 1. The summed E-state index contributed by atoms with van der Waals surface area (Å²) in [4.78, 5) is 13.1. The second-order valence-corrected chi connectivity index (χ2v) is 4.68. The quantitative estimate of drug-likeness (QED) is 0.892. The first kappa shape index (κ1) is 13.4. The molecule has 0 aromatic heterocycles. The molecule has 0 spiro atoms. The first-order valence-corrected chi connectivity index (χ1v) is 6.10. The van der Waals surface area contributed by atoms with Crippen molar-refractivity contribution < 1.29 is 14.6 Å². The highest BCUT2D eigenvalue weighted by Gasteiger charge is 2.38. The van der Waals surface area contributed by atoms with Crippen molar-refractivity contribution >= 4 is 11.7 Å². The van der Waals surface area contributed by atoms with E-state index in [-0.39, 0.29) is 6.10 Å². The van der Waals surface area contributed by atoms with Gasteiger partial charge in [0, 0.05) is 20.1 Å². The Morgan fingerprint density at radius 2 is 2.32 bits per heavy atom. The Morgan fingerprint density at radius 1 is 1.58 bits per heavy atom. The van der Waals surface area contributed by atoms with Crippen LogP contribution in [0.2, 0.25) is 0 Å². The summed E-state index contributed by atoms with van der Waals surface area (Å²) < 4.78 is 5.27. The van der Waals surface area contributed by atoms with Gasteiger partial charge in [-0.1, -0.05) is 12.1 Å². The van der Waals surface area contributed by atoms with Crippen molar-refractivity contribution in [1.29, 1.82) is 5.26 Å². The Balaban J connectivity index is 2.45. The number of rotatable bonds is 3. The number of nitriles is 1. The van der Waals surface area contributed by atoms with E-state index in [1.807, 2.05) is 13.0 Å². The van der Waals surface area contributed by atoms with E-state index in [4.69, 9.17) is 4.74 Å². The average Bonchev–Trinajstić information content (AvgIpc) is 2.82. The number of aliphatic carboxylic acids is 1. The van der Waals surface area contributed by atoms with Gasteiger partial charge in [0.25, 0.3) is 0 Å². The van der Waals surface area contributed by atoms with E-state index < -0.39 is 12.0 Å². The lowest BCUT2D eigenvalue weighted by Crippen LogP contribution is -2.37. The molecule has 0 saturated carbocycles. The van der Waals surface area contributed by atoms with Crippen LogP contribution in [-0.4, -0.2) is 36.9 Å². The van der Waals surface area contributed by atoms with Crippen LogP contribution in [0.5, 0.6) is 0 Å². The summed E-state index contributed by atoms with van der Waals surface area (Å²) >= 11 is 0. The highest BCUT2D eigenvalue weighted by atomic mass is 16.5. The minimum Gasteiger partial charge on any atom is -0.480 e. The fourth-order valence-corrected chi connectivity index (χ4v) is 2.58. The lowest BCUT2D eigenvalue weighted by Gasteiger charge is -2.26. The van der Waals surface area contributed by atoms with Crippen molar-refractivity contribution in [2.24, 2.45) is 0 Å². The second-order valence-electron chi connectivity index (χ2n) is 4.68. The fourth-order valence-electron chi connectivity index (χ4n) is 2.58. The molecule has 100 valence electrons. The van der Waals surface area contributed by atoms with Gasteiger partial charge in [0.15, 0.2) is 0 Å². The van der Waals surface area contributed by atoms with Crippen molar-refractivity contribution in [3.63, 3.8) is 0 Å². The molecule has 1 aliphatic rings. The number of para-hydroxylation sites is 1. The van der Waals surface area contributed by atoms with E-state index in [0.717, 1.165) is 5.56 Å². The van der Waals surface area contributed by atoms with E-state index in [9.17, 15) is 15.2 Å². The molecule has 0 radical (unpaired) electrons. The Labute approximate surface area is 112 Å². The zero-order valence-electron chi connectivity index (χ0n) is 11.0. The molecule has 5 heteroatoms. The molecule has 1 aromatic rings. The summed E-state index contributed by atoms with van der Waals surface area (Å²) in [6.45, 7) is 2.38. The Hall–Kier alpha value is -2.06. The van der Waals surface area contributed by atoms with Crippen LogP contribution >= 0.6 is 0 Å². The third kappa shape index (κ3) is 2.40. The highest BCUT2D eigenvalue weighted by Crippen LogP contribution is 2.32. The molecule has 1 N–H and O–H groups in total. The molecule has 19 heavy (non-hydrogen) atoms. The summed E-state index contributed by atoms with van der Waals surface area (Å²) in [6.07, 6.45) is 0.317. The van der Waals surface area contributed by atoms with Crippen molar-refractivity contribution in [3.05, 3.63) is 29.3 Å². The number of hydrogen-bond donors (Lipinski definition) is 1. The molecular formula is C14H16N2O3. The monoisotopic (exact) mass is 260 g/mol. The normalized spacial score (nSPS) is 22.3. The van der Waals surface area contributed by atoms with E-state index in [1.165, 1.54) is 0 Å². The zero-order chi connectivity index (χ0) is 14.0. The summed E-state index contributed by atoms with van der Waals surface area (Å²) in [5, 5.41) is 18.5. The van der Waals surface area contributed by atoms with E-state index in [1.54, 1.807) is 24.1 Å². The standard InChI is InChI=1S/C14H16N2O3/c1-9-4-3-5-10(7-15)13(9)16-8-11(19-2)6-12(16)14(17)18/h3-5,11-12H,6,8H2,1-2H3,(H,17,18). The number of hydrogen-bond acceptors (Lipinski definition) is 4. The number of carbonyl (C=O) groups is 1. The maximum Gasteiger partial charge on any atom is 0.326 e. The van der Waals surface area contributed by atoms with Crippen LogP contribution in [0.25, 0.3) is 0 Å². The van der Waals surface area contributed by atoms with Crippen molar-refractivity contribution in [2.75, 3.05) is 18.6 Å². The van der Waals surface area contributed by atoms with Crippen LogP contribution in [-0.2, 0) is 9.53 Å². The molecule has 2 rings (SSSR count). The van der Waals surface area contributed by atoms with Crippen LogP contribution in [0, 0.1) is 18.3 Å². The number of anilines is 1. The maximum absolute atomic E-state index is 11.4. The molecule has 2 unspecified atom stereocenters. The highest BCUT2D eigenvalue weighted by molar-refractivity contribution is 5.81. The minimum atomic E-state index is -0.883. The van der Waals surface area contributed by atoms with E-state index in [0.29, 0.717) is 24.2 Å². The summed E-state index contributed by atoms with van der Waals surface area (Å²) in [5.74, 6) is -0.883. The van der Waals surface area contributed by atoms with Crippen LogP contribution in [0.1, 0.15) is 17.5 Å². The first-order chi connectivity index (χ1) is 9.08. The molecule has 0 bridgehead atoms. The van der Waals surface area contributed by atoms with Gasteiger partial charge in [-0.15, -0.1) is 0 Å². The Bertz CT molecular complexity index is 536. The number of aryl methyl sites for hydroxylation is 1. The molecule has 1 aliphatic heterocycles. The second kappa shape index (κ2) is 5.29. The van der Waals surface area contributed by atoms with Gasteiger partial charge in [-0.05, 0) is 18.6 Å². The van der Waals surface area contributed by atoms with Gasteiger partial charge in [-0.25, -0.2) is 4.79 Å². The van der Waals surface area contributed by atoms with Crippen LogP contribution in [0.15, 0.2) is 18.2 Å². The lowest BCUT2D eigenvalue weighted by atomic mass is 10.1. The minimum absolute atomic E-state index is 0.118. The van der Waals surface area contributed by atoms with Crippen molar-refractivity contribution in [2.45, 2.75) is 25.5 Å². The molecule has 2 atom stereocenters. The Kier molecular flexibility index (Phi) is 3.72. The number of ether oxygens (including phenoxy) is 1. The number of methoxy groups -OCH3 is 1. The number of benzene rings is 1. The molecule has 1 fully saturated rings. The fraction of sp³-hybridized carbons (Fsp3) is 0.429. The molecule has 5 nitrogen and oxygen atoms in total.